The Hall–Kier alpha value is -3.29. The van der Waals surface area contributed by atoms with Crippen molar-refractivity contribution in [2.24, 2.45) is 0 Å². The number of carbonyl (C=O) groups excluding carboxylic acids is 1. The number of carbonyl (C=O) groups is 1. The summed E-state index contributed by atoms with van der Waals surface area (Å²) in [4.78, 5) is 16.8. The highest BCUT2D eigenvalue weighted by Gasteiger charge is 2.30. The third kappa shape index (κ3) is 4.32. The van der Waals surface area contributed by atoms with Crippen molar-refractivity contribution in [1.82, 2.24) is 25.7 Å². The van der Waals surface area contributed by atoms with E-state index in [1.165, 1.54) is 0 Å². The summed E-state index contributed by atoms with van der Waals surface area (Å²) in [6.07, 6.45) is 6.01. The number of nitrogens with zero attached hydrogens (tertiary/aromatic N) is 4. The molecule has 30 heavy (non-hydrogen) atoms. The molecule has 0 atom stereocenters. The van der Waals surface area contributed by atoms with Crippen LogP contribution in [0.3, 0.4) is 0 Å². The molecule has 3 heterocycles. The second-order valence-corrected chi connectivity index (χ2v) is 8.02. The van der Waals surface area contributed by atoms with Gasteiger partial charge in [-0.15, -0.1) is 10.2 Å². The number of pyridine rings is 1. The van der Waals surface area contributed by atoms with Crippen molar-refractivity contribution in [2.75, 3.05) is 0 Å². The molecule has 8 nitrogen and oxygen atoms in total. The largest absolute Gasteiger partial charge is 0.472 e. The van der Waals surface area contributed by atoms with Gasteiger partial charge in [-0.1, -0.05) is 18.0 Å². The highest BCUT2D eigenvalue weighted by molar-refractivity contribution is 5.92. The first kappa shape index (κ1) is 20.0. The molecule has 1 fully saturated rings. The third-order valence-electron chi connectivity index (χ3n) is 5.53. The number of aromatic nitrogens is 4. The molecule has 8 heteroatoms. The molecule has 1 amide bonds. The monoisotopic (exact) mass is 407 g/mol. The van der Waals surface area contributed by atoms with Crippen LogP contribution in [0.2, 0.25) is 0 Å². The minimum absolute atomic E-state index is 0.152. The van der Waals surface area contributed by atoms with Crippen LogP contribution in [0, 0.1) is 13.8 Å². The lowest BCUT2D eigenvalue weighted by atomic mass is 10.0. The minimum Gasteiger partial charge on any atom is -0.472 e. The Labute approximate surface area is 175 Å². The van der Waals surface area contributed by atoms with E-state index in [4.69, 9.17) is 9.26 Å². The van der Waals surface area contributed by atoms with E-state index >= 15 is 0 Å². The summed E-state index contributed by atoms with van der Waals surface area (Å²) in [5, 5.41) is 15.3. The van der Waals surface area contributed by atoms with Crippen molar-refractivity contribution in [2.45, 2.75) is 58.6 Å². The van der Waals surface area contributed by atoms with Gasteiger partial charge >= 0.3 is 0 Å². The van der Waals surface area contributed by atoms with E-state index in [1.54, 1.807) is 18.3 Å². The van der Waals surface area contributed by atoms with Crippen LogP contribution in [-0.2, 0) is 6.61 Å². The Morgan fingerprint density at radius 1 is 1.17 bits per heavy atom. The molecule has 0 saturated heterocycles. The lowest BCUT2D eigenvalue weighted by Crippen LogP contribution is -2.43. The fourth-order valence-electron chi connectivity index (χ4n) is 3.68. The van der Waals surface area contributed by atoms with E-state index in [1.807, 2.05) is 26.0 Å². The molecule has 0 aromatic carbocycles. The van der Waals surface area contributed by atoms with Crippen LogP contribution in [0.25, 0.3) is 11.3 Å². The predicted molar refractivity (Wildman–Crippen MR) is 110 cm³/mol. The zero-order valence-electron chi connectivity index (χ0n) is 17.4. The molecular weight excluding hydrogens is 382 g/mol. The Morgan fingerprint density at radius 3 is 2.63 bits per heavy atom. The van der Waals surface area contributed by atoms with Gasteiger partial charge in [-0.05, 0) is 51.8 Å². The van der Waals surface area contributed by atoms with Crippen molar-refractivity contribution >= 4 is 5.91 Å². The van der Waals surface area contributed by atoms with Crippen molar-refractivity contribution < 1.29 is 14.1 Å². The summed E-state index contributed by atoms with van der Waals surface area (Å²) in [7, 11) is 0. The Morgan fingerprint density at radius 2 is 1.97 bits per heavy atom. The molecular formula is C22H25N5O3. The third-order valence-corrected chi connectivity index (χ3v) is 5.53. The van der Waals surface area contributed by atoms with Gasteiger partial charge in [-0.3, -0.25) is 9.78 Å². The van der Waals surface area contributed by atoms with Crippen LogP contribution < -0.4 is 10.1 Å². The number of nitrogens with one attached hydrogen (secondary N) is 1. The zero-order valence-corrected chi connectivity index (χ0v) is 17.4. The molecule has 1 aliphatic carbocycles. The molecule has 156 valence electrons. The summed E-state index contributed by atoms with van der Waals surface area (Å²) in [6.45, 7) is 6.06. The maximum absolute atomic E-state index is 12.5. The van der Waals surface area contributed by atoms with E-state index in [0.29, 0.717) is 17.3 Å². The molecule has 1 saturated carbocycles. The second kappa shape index (κ2) is 8.22. The SMILES string of the molecule is Cc1ccc(-c2noc(C)c2COc2ccc(C(=O)NC3(C)CCCC3)nn2)cn1. The molecule has 0 unspecified atom stereocenters. The van der Waals surface area contributed by atoms with Crippen LogP contribution in [0.15, 0.2) is 35.0 Å². The fourth-order valence-corrected chi connectivity index (χ4v) is 3.68. The molecule has 4 rings (SSSR count). The molecule has 0 bridgehead atoms. The lowest BCUT2D eigenvalue weighted by molar-refractivity contribution is 0.0901. The maximum atomic E-state index is 12.5. The van der Waals surface area contributed by atoms with Crippen LogP contribution in [-0.4, -0.2) is 31.8 Å². The number of aryl methyl sites for hydroxylation is 2. The quantitative estimate of drug-likeness (QED) is 0.663. The van der Waals surface area contributed by atoms with Gasteiger partial charge in [0.05, 0.1) is 5.56 Å². The first-order valence-corrected chi connectivity index (χ1v) is 10.1. The van der Waals surface area contributed by atoms with Gasteiger partial charge in [0, 0.05) is 29.1 Å². The molecule has 1 N–H and O–H groups in total. The van der Waals surface area contributed by atoms with Crippen LogP contribution in [0.5, 0.6) is 5.88 Å². The number of rotatable bonds is 6. The first-order chi connectivity index (χ1) is 14.4. The summed E-state index contributed by atoms with van der Waals surface area (Å²) < 4.78 is 11.1. The Balaban J connectivity index is 1.42. The van der Waals surface area contributed by atoms with Gasteiger partial charge in [-0.2, -0.15) is 0 Å². The average molecular weight is 407 g/mol. The van der Waals surface area contributed by atoms with E-state index < -0.39 is 0 Å². The van der Waals surface area contributed by atoms with Gasteiger partial charge in [0.15, 0.2) is 5.69 Å². The number of amides is 1. The Kier molecular flexibility index (Phi) is 5.48. The topological polar surface area (TPSA) is 103 Å². The van der Waals surface area contributed by atoms with Gasteiger partial charge in [0.1, 0.15) is 18.1 Å². The van der Waals surface area contributed by atoms with Gasteiger partial charge < -0.3 is 14.6 Å². The number of hydrogen-bond acceptors (Lipinski definition) is 7. The average Bonchev–Trinajstić information content (AvgIpc) is 3.33. The van der Waals surface area contributed by atoms with Crippen LogP contribution in [0.4, 0.5) is 0 Å². The predicted octanol–water partition coefficient (Wildman–Crippen LogP) is 3.78. The van der Waals surface area contributed by atoms with Crippen molar-refractivity contribution in [3.05, 3.63) is 53.2 Å². The lowest BCUT2D eigenvalue weighted by Gasteiger charge is -2.24. The second-order valence-electron chi connectivity index (χ2n) is 8.02. The maximum Gasteiger partial charge on any atom is 0.272 e. The molecule has 0 radical (unpaired) electrons. The first-order valence-electron chi connectivity index (χ1n) is 10.1. The fraction of sp³-hybridized carbons (Fsp3) is 0.409. The highest BCUT2D eigenvalue weighted by Crippen LogP contribution is 2.29. The van der Waals surface area contributed by atoms with E-state index in [2.05, 4.69) is 32.6 Å². The van der Waals surface area contributed by atoms with Crippen molar-refractivity contribution in [1.29, 1.82) is 0 Å². The molecule has 0 spiro atoms. The molecule has 0 aliphatic heterocycles. The molecule has 3 aromatic rings. The zero-order chi connectivity index (χ0) is 21.1. The molecule has 1 aliphatic rings. The number of ether oxygens (including phenoxy) is 1. The highest BCUT2D eigenvalue weighted by atomic mass is 16.5. The van der Waals surface area contributed by atoms with Crippen LogP contribution >= 0.6 is 0 Å². The number of hydrogen-bond donors (Lipinski definition) is 1. The standard InChI is InChI=1S/C22H25N5O3/c1-14-6-7-16(12-23-14)20-17(15(2)30-27-20)13-29-19-9-8-18(25-26-19)21(28)24-22(3)10-4-5-11-22/h6-9,12H,4-5,10-11,13H2,1-3H3,(H,24,28). The van der Waals surface area contributed by atoms with Crippen LogP contribution in [0.1, 0.15) is 60.1 Å². The van der Waals surface area contributed by atoms with E-state index in [-0.39, 0.29) is 23.7 Å². The smallest absolute Gasteiger partial charge is 0.272 e. The van der Waals surface area contributed by atoms with E-state index in [9.17, 15) is 4.79 Å². The summed E-state index contributed by atoms with van der Waals surface area (Å²) in [5.74, 6) is 0.786. The van der Waals surface area contributed by atoms with E-state index in [0.717, 1.165) is 42.5 Å². The summed E-state index contributed by atoms with van der Waals surface area (Å²) in [6, 6.07) is 7.14. The van der Waals surface area contributed by atoms with Crippen molar-refractivity contribution in [3.8, 4) is 17.1 Å². The minimum atomic E-state index is -0.206. The molecule has 3 aromatic heterocycles. The normalized spacial score (nSPS) is 15.2. The Bertz CT molecular complexity index is 1020. The van der Waals surface area contributed by atoms with Gasteiger partial charge in [-0.25, -0.2) is 0 Å². The van der Waals surface area contributed by atoms with Gasteiger partial charge in [0.25, 0.3) is 5.91 Å². The summed E-state index contributed by atoms with van der Waals surface area (Å²) >= 11 is 0. The van der Waals surface area contributed by atoms with Gasteiger partial charge in [0.2, 0.25) is 5.88 Å². The summed E-state index contributed by atoms with van der Waals surface area (Å²) in [5.41, 5.74) is 3.42. The van der Waals surface area contributed by atoms with Crippen molar-refractivity contribution in [3.63, 3.8) is 0 Å².